The fourth-order valence-corrected chi connectivity index (χ4v) is 4.08. The van der Waals surface area contributed by atoms with Crippen LogP contribution in [0.3, 0.4) is 0 Å². The maximum atomic E-state index is 12.5. The number of anilines is 1. The molecule has 2 aromatic heterocycles. The van der Waals surface area contributed by atoms with Crippen LogP contribution >= 0.6 is 23.4 Å². The first-order chi connectivity index (χ1) is 15.6. The molecule has 0 atom stereocenters. The fraction of sp³-hybridized carbons (Fsp3) is 0.174. The number of hydrogen-bond donors (Lipinski definition) is 1. The van der Waals surface area contributed by atoms with Gasteiger partial charge < -0.3 is 14.8 Å². The Morgan fingerprint density at radius 3 is 2.75 bits per heavy atom. The summed E-state index contributed by atoms with van der Waals surface area (Å²) in [6.07, 6.45) is 3.45. The van der Waals surface area contributed by atoms with E-state index in [-0.39, 0.29) is 11.7 Å². The largest absolute Gasteiger partial charge is 0.495 e. The third-order valence-electron chi connectivity index (χ3n) is 4.59. The van der Waals surface area contributed by atoms with Gasteiger partial charge in [-0.3, -0.25) is 4.79 Å². The summed E-state index contributed by atoms with van der Waals surface area (Å²) in [5.74, 6) is 1.35. The van der Waals surface area contributed by atoms with Gasteiger partial charge in [-0.15, -0.1) is 0 Å². The van der Waals surface area contributed by atoms with Crippen molar-refractivity contribution in [2.24, 2.45) is 0 Å². The van der Waals surface area contributed by atoms with Crippen LogP contribution in [-0.4, -0.2) is 40.0 Å². The van der Waals surface area contributed by atoms with Gasteiger partial charge >= 0.3 is 0 Å². The van der Waals surface area contributed by atoms with Crippen molar-refractivity contribution in [3.8, 4) is 22.8 Å². The highest BCUT2D eigenvalue weighted by Crippen LogP contribution is 2.29. The number of carbonyl (C=O) groups excluding carboxylic acids is 1. The molecule has 0 unspecified atom stereocenters. The van der Waals surface area contributed by atoms with Crippen LogP contribution in [0.2, 0.25) is 5.02 Å². The number of rotatable bonds is 8. The Balaban J connectivity index is 1.49. The average Bonchev–Trinajstić information content (AvgIpc) is 3.23. The molecular weight excluding hydrogens is 448 g/mol. The molecule has 0 spiro atoms. The summed E-state index contributed by atoms with van der Waals surface area (Å²) in [6, 6.07) is 14.8. The number of fused-ring (bicyclic) bond motifs is 1. The van der Waals surface area contributed by atoms with Crippen LogP contribution < -0.4 is 14.8 Å². The lowest BCUT2D eigenvalue weighted by Crippen LogP contribution is -2.15. The Morgan fingerprint density at radius 1 is 1.19 bits per heavy atom. The van der Waals surface area contributed by atoms with E-state index in [1.165, 1.54) is 11.8 Å². The molecule has 0 aliphatic carbocycles. The van der Waals surface area contributed by atoms with E-state index in [0.29, 0.717) is 28.1 Å². The van der Waals surface area contributed by atoms with E-state index >= 15 is 0 Å². The lowest BCUT2D eigenvalue weighted by atomic mass is 10.1. The van der Waals surface area contributed by atoms with Crippen molar-refractivity contribution in [2.45, 2.75) is 11.9 Å². The summed E-state index contributed by atoms with van der Waals surface area (Å²) in [5.41, 5.74) is 3.14. The van der Waals surface area contributed by atoms with Crippen LogP contribution in [0.25, 0.3) is 16.8 Å². The van der Waals surface area contributed by atoms with E-state index in [0.717, 1.165) is 22.5 Å². The molecule has 32 heavy (non-hydrogen) atoms. The molecule has 0 bridgehead atoms. The molecule has 4 aromatic rings. The maximum Gasteiger partial charge on any atom is 0.234 e. The molecule has 1 amide bonds. The Morgan fingerprint density at radius 2 is 2.00 bits per heavy atom. The molecule has 0 aliphatic heterocycles. The topological polar surface area (TPSA) is 77.8 Å². The third-order valence-corrected chi connectivity index (χ3v) is 5.82. The Kier molecular flexibility index (Phi) is 6.82. The van der Waals surface area contributed by atoms with Gasteiger partial charge in [0.1, 0.15) is 16.5 Å². The normalized spacial score (nSPS) is 10.8. The summed E-state index contributed by atoms with van der Waals surface area (Å²) in [4.78, 5) is 17.0. The Labute approximate surface area is 194 Å². The van der Waals surface area contributed by atoms with Crippen molar-refractivity contribution in [1.82, 2.24) is 14.6 Å². The lowest BCUT2D eigenvalue weighted by molar-refractivity contribution is -0.113. The standard InChI is InChI=1S/C23H21ClN4O3S/c1-3-31-17-7-4-15(5-8-17)18-13-20-23(25-10-11-28(20)27-18)32-14-22(29)26-19-12-16(24)6-9-21(19)30-2/h4-13H,3,14H2,1-2H3,(H,26,29). The van der Waals surface area contributed by atoms with Crippen molar-refractivity contribution in [2.75, 3.05) is 24.8 Å². The van der Waals surface area contributed by atoms with Crippen LogP contribution in [0.15, 0.2) is 66.0 Å². The SMILES string of the molecule is CCOc1ccc(-c2cc3c(SCC(=O)Nc4cc(Cl)ccc4OC)nccn3n2)cc1. The van der Waals surface area contributed by atoms with Gasteiger partial charge in [0.05, 0.1) is 36.4 Å². The minimum absolute atomic E-state index is 0.173. The second-order valence-corrected chi connectivity index (χ2v) is 8.13. The van der Waals surface area contributed by atoms with E-state index in [4.69, 9.17) is 21.1 Å². The van der Waals surface area contributed by atoms with Crippen LogP contribution in [-0.2, 0) is 4.79 Å². The van der Waals surface area contributed by atoms with Crippen LogP contribution in [0.4, 0.5) is 5.69 Å². The van der Waals surface area contributed by atoms with Gasteiger partial charge in [-0.2, -0.15) is 5.10 Å². The molecule has 0 aliphatic rings. The number of carbonyl (C=O) groups is 1. The van der Waals surface area contributed by atoms with Gasteiger partial charge in [0, 0.05) is 23.0 Å². The van der Waals surface area contributed by atoms with Gasteiger partial charge in [-0.05, 0) is 55.5 Å². The zero-order valence-corrected chi connectivity index (χ0v) is 19.1. The monoisotopic (exact) mass is 468 g/mol. The molecule has 164 valence electrons. The Bertz CT molecular complexity index is 1240. The number of benzene rings is 2. The van der Waals surface area contributed by atoms with Crippen molar-refractivity contribution in [1.29, 1.82) is 0 Å². The van der Waals surface area contributed by atoms with E-state index in [1.54, 1.807) is 42.2 Å². The number of hydrogen-bond acceptors (Lipinski definition) is 6. The minimum Gasteiger partial charge on any atom is -0.495 e. The molecule has 0 saturated carbocycles. The summed E-state index contributed by atoms with van der Waals surface area (Å²) >= 11 is 7.37. The van der Waals surface area contributed by atoms with Gasteiger partial charge in [-0.1, -0.05) is 23.4 Å². The van der Waals surface area contributed by atoms with E-state index in [1.807, 2.05) is 37.3 Å². The molecule has 1 N–H and O–H groups in total. The molecule has 4 rings (SSSR count). The predicted octanol–water partition coefficient (Wildman–Crippen LogP) is 5.19. The number of nitrogens with one attached hydrogen (secondary N) is 1. The number of halogens is 1. The summed E-state index contributed by atoms with van der Waals surface area (Å²) in [6.45, 7) is 2.58. The average molecular weight is 469 g/mol. The van der Waals surface area contributed by atoms with Crippen molar-refractivity contribution < 1.29 is 14.3 Å². The van der Waals surface area contributed by atoms with Crippen LogP contribution in [0.5, 0.6) is 11.5 Å². The molecular formula is C23H21ClN4O3S. The summed E-state index contributed by atoms with van der Waals surface area (Å²) in [7, 11) is 1.54. The highest BCUT2D eigenvalue weighted by Gasteiger charge is 2.13. The lowest BCUT2D eigenvalue weighted by Gasteiger charge is -2.10. The first-order valence-corrected chi connectivity index (χ1v) is 11.3. The van der Waals surface area contributed by atoms with Gasteiger partial charge in [0.15, 0.2) is 0 Å². The molecule has 2 aromatic carbocycles. The van der Waals surface area contributed by atoms with Crippen molar-refractivity contribution in [3.63, 3.8) is 0 Å². The molecule has 2 heterocycles. The zero-order valence-electron chi connectivity index (χ0n) is 17.5. The number of aromatic nitrogens is 3. The highest BCUT2D eigenvalue weighted by molar-refractivity contribution is 8.00. The zero-order chi connectivity index (χ0) is 22.5. The number of ether oxygens (including phenoxy) is 2. The smallest absolute Gasteiger partial charge is 0.234 e. The van der Waals surface area contributed by atoms with Crippen LogP contribution in [0.1, 0.15) is 6.92 Å². The fourth-order valence-electron chi connectivity index (χ4n) is 3.14. The molecule has 0 saturated heterocycles. The highest BCUT2D eigenvalue weighted by atomic mass is 35.5. The number of nitrogens with zero attached hydrogens (tertiary/aromatic N) is 3. The molecule has 9 heteroatoms. The minimum atomic E-state index is -0.189. The van der Waals surface area contributed by atoms with E-state index in [9.17, 15) is 4.79 Å². The number of amides is 1. The molecule has 0 radical (unpaired) electrons. The van der Waals surface area contributed by atoms with Crippen molar-refractivity contribution >= 4 is 40.5 Å². The first-order valence-electron chi connectivity index (χ1n) is 9.91. The van der Waals surface area contributed by atoms with Gasteiger partial charge in [-0.25, -0.2) is 9.50 Å². The number of thioether (sulfide) groups is 1. The van der Waals surface area contributed by atoms with Gasteiger partial charge in [0.25, 0.3) is 0 Å². The molecule has 0 fully saturated rings. The maximum absolute atomic E-state index is 12.5. The predicted molar refractivity (Wildman–Crippen MR) is 127 cm³/mol. The number of methoxy groups -OCH3 is 1. The second-order valence-electron chi connectivity index (χ2n) is 6.73. The quantitative estimate of drug-likeness (QED) is 0.359. The summed E-state index contributed by atoms with van der Waals surface area (Å²) < 4.78 is 12.5. The third kappa shape index (κ3) is 4.98. The van der Waals surface area contributed by atoms with Crippen LogP contribution in [0, 0.1) is 0 Å². The summed E-state index contributed by atoms with van der Waals surface area (Å²) in [5, 5.41) is 8.70. The molecule has 7 nitrogen and oxygen atoms in total. The second kappa shape index (κ2) is 9.93. The Hall–Kier alpha value is -3.23. The van der Waals surface area contributed by atoms with E-state index < -0.39 is 0 Å². The first kappa shape index (κ1) is 22.0. The van der Waals surface area contributed by atoms with Gasteiger partial charge in [0.2, 0.25) is 5.91 Å². The van der Waals surface area contributed by atoms with E-state index in [2.05, 4.69) is 15.4 Å². The van der Waals surface area contributed by atoms with Crippen molar-refractivity contribution in [3.05, 3.63) is 65.9 Å².